The van der Waals surface area contributed by atoms with Gasteiger partial charge in [-0.3, -0.25) is 4.79 Å². The van der Waals surface area contributed by atoms with Gasteiger partial charge in [0.05, 0.1) is 19.3 Å². The van der Waals surface area contributed by atoms with Gasteiger partial charge in [0.1, 0.15) is 6.73 Å². The molecular weight excluding hydrogens is 270 g/mol. The lowest BCUT2D eigenvalue weighted by Crippen LogP contribution is -2.31. The van der Waals surface area contributed by atoms with Crippen molar-refractivity contribution in [3.63, 3.8) is 0 Å². The van der Waals surface area contributed by atoms with E-state index in [4.69, 9.17) is 9.47 Å². The molecule has 0 bridgehead atoms. The number of hydrogen-bond acceptors (Lipinski definition) is 4. The number of nitrogens with zero attached hydrogens (tertiary/aromatic N) is 1. The highest BCUT2D eigenvalue weighted by Crippen LogP contribution is 2.36. The van der Waals surface area contributed by atoms with E-state index in [0.717, 1.165) is 5.56 Å². The Morgan fingerprint density at radius 2 is 2.14 bits per heavy atom. The van der Waals surface area contributed by atoms with Crippen LogP contribution < -0.4 is 0 Å². The van der Waals surface area contributed by atoms with E-state index in [2.05, 4.69) is 0 Å². The highest BCUT2D eigenvalue weighted by molar-refractivity contribution is 5.82. The van der Waals surface area contributed by atoms with Gasteiger partial charge in [-0.15, -0.1) is 0 Å². The topological polar surface area (TPSA) is 59.0 Å². The fourth-order valence-electron chi connectivity index (χ4n) is 3.26. The number of carbonyl (C=O) groups is 1. The predicted octanol–water partition coefficient (Wildman–Crippen LogP) is 1.02. The first-order chi connectivity index (χ1) is 10.3. The Balaban J connectivity index is 1.49. The molecule has 2 fully saturated rings. The van der Waals surface area contributed by atoms with Crippen molar-refractivity contribution in [2.24, 2.45) is 11.8 Å². The minimum absolute atomic E-state index is 0.0274. The Morgan fingerprint density at radius 3 is 2.90 bits per heavy atom. The molecule has 0 saturated carbocycles. The molecule has 114 valence electrons. The van der Waals surface area contributed by atoms with Crippen LogP contribution in [0, 0.1) is 11.8 Å². The van der Waals surface area contributed by atoms with Gasteiger partial charge in [-0.25, -0.2) is 0 Å². The number of fused-ring (bicyclic) bond motifs is 1. The third-order valence-electron chi connectivity index (χ3n) is 4.43. The summed E-state index contributed by atoms with van der Waals surface area (Å²) in [4.78, 5) is 14.1. The van der Waals surface area contributed by atoms with Crippen molar-refractivity contribution in [1.82, 2.24) is 4.90 Å². The second kappa shape index (κ2) is 6.56. The van der Waals surface area contributed by atoms with E-state index in [-0.39, 0.29) is 30.4 Å². The first-order valence-corrected chi connectivity index (χ1v) is 7.42. The molecule has 3 atom stereocenters. The molecule has 0 unspecified atom stereocenters. The van der Waals surface area contributed by atoms with Crippen LogP contribution in [-0.4, -0.2) is 48.5 Å². The summed E-state index contributed by atoms with van der Waals surface area (Å²) >= 11 is 0. The molecule has 1 aromatic rings. The quantitative estimate of drug-likeness (QED) is 0.795. The lowest BCUT2D eigenvalue weighted by Gasteiger charge is -2.18. The standard InChI is InChI=1S/C16H21NO4/c18-8-14-13(16(19)17-11-21-10-15(14)17)6-7-20-9-12-4-2-1-3-5-12/h1-5,13-15,18H,6-11H2/t13-,14-,15+/m1/s1. The Bertz CT molecular complexity index is 478. The number of ether oxygens (including phenoxy) is 2. The Kier molecular flexibility index (Phi) is 4.53. The minimum Gasteiger partial charge on any atom is -0.396 e. The molecule has 5 heteroatoms. The highest BCUT2D eigenvalue weighted by atomic mass is 16.5. The molecule has 1 aromatic carbocycles. The fraction of sp³-hybridized carbons (Fsp3) is 0.562. The van der Waals surface area contributed by atoms with E-state index >= 15 is 0 Å². The summed E-state index contributed by atoms with van der Waals surface area (Å²) in [6, 6.07) is 10.0. The maximum atomic E-state index is 12.3. The van der Waals surface area contributed by atoms with Crippen LogP contribution in [0.25, 0.3) is 0 Å². The molecule has 2 aliphatic heterocycles. The summed E-state index contributed by atoms with van der Waals surface area (Å²) in [5, 5.41) is 9.56. The normalized spacial score (nSPS) is 28.1. The molecular formula is C16H21NO4. The number of hydrogen-bond donors (Lipinski definition) is 1. The third-order valence-corrected chi connectivity index (χ3v) is 4.43. The summed E-state index contributed by atoms with van der Waals surface area (Å²) in [6.07, 6.45) is 0.657. The summed E-state index contributed by atoms with van der Waals surface area (Å²) in [6.45, 7) is 2.02. The van der Waals surface area contributed by atoms with Gasteiger partial charge in [0.25, 0.3) is 0 Å². The molecule has 3 rings (SSSR count). The Hall–Kier alpha value is -1.43. The van der Waals surface area contributed by atoms with E-state index in [0.29, 0.717) is 33.0 Å². The van der Waals surface area contributed by atoms with Crippen LogP contribution in [0.2, 0.25) is 0 Å². The van der Waals surface area contributed by atoms with Gasteiger partial charge in [0.15, 0.2) is 0 Å². The molecule has 2 saturated heterocycles. The zero-order chi connectivity index (χ0) is 14.7. The van der Waals surface area contributed by atoms with Crippen LogP contribution in [0.3, 0.4) is 0 Å². The molecule has 0 aromatic heterocycles. The van der Waals surface area contributed by atoms with Gasteiger partial charge in [-0.2, -0.15) is 0 Å². The van der Waals surface area contributed by atoms with Gasteiger partial charge >= 0.3 is 0 Å². The second-order valence-electron chi connectivity index (χ2n) is 5.66. The van der Waals surface area contributed by atoms with E-state index in [9.17, 15) is 9.90 Å². The first-order valence-electron chi connectivity index (χ1n) is 7.42. The molecule has 1 N–H and O–H groups in total. The molecule has 0 radical (unpaired) electrons. The predicted molar refractivity (Wildman–Crippen MR) is 76.2 cm³/mol. The zero-order valence-electron chi connectivity index (χ0n) is 12.0. The van der Waals surface area contributed by atoms with Gasteiger partial charge in [-0.1, -0.05) is 30.3 Å². The molecule has 21 heavy (non-hydrogen) atoms. The summed E-state index contributed by atoms with van der Waals surface area (Å²) < 4.78 is 11.0. The van der Waals surface area contributed by atoms with Crippen LogP contribution in [0.5, 0.6) is 0 Å². The van der Waals surface area contributed by atoms with Gasteiger partial charge < -0.3 is 19.5 Å². The monoisotopic (exact) mass is 291 g/mol. The fourth-order valence-corrected chi connectivity index (χ4v) is 3.26. The molecule has 0 spiro atoms. The molecule has 2 aliphatic rings. The van der Waals surface area contributed by atoms with E-state index in [1.54, 1.807) is 4.90 Å². The van der Waals surface area contributed by atoms with Crippen molar-refractivity contribution < 1.29 is 19.4 Å². The lowest BCUT2D eigenvalue weighted by atomic mass is 9.89. The zero-order valence-corrected chi connectivity index (χ0v) is 12.0. The highest BCUT2D eigenvalue weighted by Gasteiger charge is 2.49. The maximum Gasteiger partial charge on any atom is 0.228 e. The summed E-state index contributed by atoms with van der Waals surface area (Å²) in [5.74, 6) is -0.0696. The first kappa shape index (κ1) is 14.5. The van der Waals surface area contributed by atoms with E-state index in [1.807, 2.05) is 30.3 Å². The number of benzene rings is 1. The van der Waals surface area contributed by atoms with Crippen molar-refractivity contribution in [2.45, 2.75) is 19.1 Å². The number of rotatable bonds is 6. The van der Waals surface area contributed by atoms with E-state index < -0.39 is 0 Å². The van der Waals surface area contributed by atoms with Gasteiger partial charge in [0.2, 0.25) is 5.91 Å². The maximum absolute atomic E-state index is 12.3. The number of aliphatic hydroxyl groups excluding tert-OH is 1. The summed E-state index contributed by atoms with van der Waals surface area (Å²) in [7, 11) is 0. The van der Waals surface area contributed by atoms with Gasteiger partial charge in [0, 0.05) is 25.0 Å². The Morgan fingerprint density at radius 1 is 1.33 bits per heavy atom. The molecule has 2 heterocycles. The smallest absolute Gasteiger partial charge is 0.228 e. The van der Waals surface area contributed by atoms with Crippen molar-refractivity contribution in [3.05, 3.63) is 35.9 Å². The molecule has 5 nitrogen and oxygen atoms in total. The van der Waals surface area contributed by atoms with Crippen LogP contribution >= 0.6 is 0 Å². The van der Waals surface area contributed by atoms with Crippen molar-refractivity contribution in [1.29, 1.82) is 0 Å². The molecule has 0 aliphatic carbocycles. The number of carbonyl (C=O) groups excluding carboxylic acids is 1. The number of aliphatic hydroxyl groups is 1. The minimum atomic E-state index is -0.139. The van der Waals surface area contributed by atoms with Crippen molar-refractivity contribution in [2.75, 3.05) is 26.6 Å². The lowest BCUT2D eigenvalue weighted by molar-refractivity contribution is -0.133. The summed E-state index contributed by atoms with van der Waals surface area (Å²) in [5.41, 5.74) is 1.13. The van der Waals surface area contributed by atoms with Crippen molar-refractivity contribution in [3.8, 4) is 0 Å². The average Bonchev–Trinajstić information content (AvgIpc) is 3.08. The third kappa shape index (κ3) is 2.95. The molecule has 1 amide bonds. The average molecular weight is 291 g/mol. The second-order valence-corrected chi connectivity index (χ2v) is 5.66. The van der Waals surface area contributed by atoms with Crippen LogP contribution in [0.4, 0.5) is 0 Å². The van der Waals surface area contributed by atoms with Crippen molar-refractivity contribution >= 4 is 5.91 Å². The van der Waals surface area contributed by atoms with Crippen LogP contribution in [0.15, 0.2) is 30.3 Å². The largest absolute Gasteiger partial charge is 0.396 e. The van der Waals surface area contributed by atoms with Crippen LogP contribution in [0.1, 0.15) is 12.0 Å². The number of amides is 1. The van der Waals surface area contributed by atoms with E-state index in [1.165, 1.54) is 0 Å². The SMILES string of the molecule is O=C1[C@H](CCOCc2ccccc2)[C@@H](CO)[C@@H]2COCN12. The van der Waals surface area contributed by atoms with Gasteiger partial charge in [-0.05, 0) is 12.0 Å². The Labute approximate surface area is 124 Å². The van der Waals surface area contributed by atoms with Crippen LogP contribution in [-0.2, 0) is 20.9 Å².